The van der Waals surface area contributed by atoms with Crippen LogP contribution in [0.1, 0.15) is 39.0 Å². The molecule has 1 heterocycles. The van der Waals surface area contributed by atoms with E-state index in [1.807, 2.05) is 6.92 Å². The predicted molar refractivity (Wildman–Crippen MR) is 58.1 cm³/mol. The minimum absolute atomic E-state index is 0.0646. The molecule has 0 aliphatic carbocycles. The Bertz CT molecular complexity index is 259. The first-order valence-electron chi connectivity index (χ1n) is 5.68. The van der Waals surface area contributed by atoms with Crippen LogP contribution in [-0.4, -0.2) is 35.7 Å². The van der Waals surface area contributed by atoms with E-state index in [0.29, 0.717) is 26.1 Å². The Morgan fingerprint density at radius 3 is 2.75 bits per heavy atom. The molecule has 0 aromatic heterocycles. The van der Waals surface area contributed by atoms with Crippen LogP contribution in [0.5, 0.6) is 0 Å². The summed E-state index contributed by atoms with van der Waals surface area (Å²) in [6.07, 6.45) is 2.76. The van der Waals surface area contributed by atoms with Crippen molar-refractivity contribution in [1.29, 1.82) is 0 Å². The molecular weight excluding hydrogens is 210 g/mol. The topological polar surface area (TPSA) is 75.6 Å². The summed E-state index contributed by atoms with van der Waals surface area (Å²) >= 11 is 0. The van der Waals surface area contributed by atoms with Gasteiger partial charge in [0.2, 0.25) is 5.91 Å². The van der Waals surface area contributed by atoms with Crippen LogP contribution in [0.4, 0.5) is 0 Å². The largest absolute Gasteiger partial charge is 0.481 e. The molecule has 1 rings (SSSR count). The zero-order valence-corrected chi connectivity index (χ0v) is 9.62. The predicted octanol–water partition coefficient (Wildman–Crippen LogP) is 0.927. The number of hydrogen-bond acceptors (Lipinski definition) is 3. The Kier molecular flexibility index (Phi) is 4.73. The fourth-order valence-corrected chi connectivity index (χ4v) is 1.87. The van der Waals surface area contributed by atoms with Crippen molar-refractivity contribution in [2.45, 2.75) is 44.6 Å². The summed E-state index contributed by atoms with van der Waals surface area (Å²) < 4.78 is 5.19. The molecule has 2 N–H and O–H groups in total. The van der Waals surface area contributed by atoms with E-state index < -0.39 is 11.5 Å². The molecular formula is C11H19NO4. The fourth-order valence-electron chi connectivity index (χ4n) is 1.87. The van der Waals surface area contributed by atoms with Crippen LogP contribution in [-0.2, 0) is 14.3 Å². The van der Waals surface area contributed by atoms with E-state index in [9.17, 15) is 9.59 Å². The van der Waals surface area contributed by atoms with Gasteiger partial charge in [-0.25, -0.2) is 0 Å². The third-order valence-corrected chi connectivity index (χ3v) is 2.75. The third-order valence-electron chi connectivity index (χ3n) is 2.75. The lowest BCUT2D eigenvalue weighted by Gasteiger charge is -2.26. The van der Waals surface area contributed by atoms with Gasteiger partial charge in [-0.2, -0.15) is 0 Å². The summed E-state index contributed by atoms with van der Waals surface area (Å²) in [5.74, 6) is -0.977. The third kappa shape index (κ3) is 3.81. The average molecular weight is 229 g/mol. The van der Waals surface area contributed by atoms with Gasteiger partial charge in [0, 0.05) is 13.0 Å². The minimum Gasteiger partial charge on any atom is -0.481 e. The highest BCUT2D eigenvalue weighted by Crippen LogP contribution is 2.22. The highest BCUT2D eigenvalue weighted by molar-refractivity contribution is 5.78. The van der Waals surface area contributed by atoms with E-state index in [4.69, 9.17) is 9.84 Å². The van der Waals surface area contributed by atoms with Crippen molar-refractivity contribution < 1.29 is 19.4 Å². The molecule has 0 spiro atoms. The fraction of sp³-hybridized carbons (Fsp3) is 0.818. The Morgan fingerprint density at radius 2 is 2.25 bits per heavy atom. The second-order valence-corrected chi connectivity index (χ2v) is 4.31. The summed E-state index contributed by atoms with van der Waals surface area (Å²) in [7, 11) is 0. The number of aliphatic carboxylic acids is 1. The summed E-state index contributed by atoms with van der Waals surface area (Å²) in [5, 5.41) is 11.6. The van der Waals surface area contributed by atoms with Gasteiger partial charge >= 0.3 is 5.97 Å². The summed E-state index contributed by atoms with van der Waals surface area (Å²) in [5.41, 5.74) is -0.684. The Hall–Kier alpha value is -1.10. The lowest BCUT2D eigenvalue weighted by molar-refractivity contribution is -0.139. The number of carbonyl (C=O) groups excluding carboxylic acids is 1. The van der Waals surface area contributed by atoms with Crippen LogP contribution >= 0.6 is 0 Å². The molecule has 1 aliphatic heterocycles. The lowest BCUT2D eigenvalue weighted by atomic mass is 9.94. The molecule has 92 valence electrons. The molecule has 0 aromatic carbocycles. The van der Waals surface area contributed by atoms with Gasteiger partial charge < -0.3 is 15.2 Å². The molecule has 0 aromatic rings. The highest BCUT2D eigenvalue weighted by Gasteiger charge is 2.38. The monoisotopic (exact) mass is 229 g/mol. The molecule has 5 heteroatoms. The van der Waals surface area contributed by atoms with Gasteiger partial charge in [0.15, 0.2) is 0 Å². The number of rotatable bonds is 6. The van der Waals surface area contributed by atoms with Crippen molar-refractivity contribution in [2.24, 2.45) is 0 Å². The van der Waals surface area contributed by atoms with Crippen molar-refractivity contribution in [3.8, 4) is 0 Å². The van der Waals surface area contributed by atoms with Gasteiger partial charge in [0.25, 0.3) is 0 Å². The van der Waals surface area contributed by atoms with Crippen molar-refractivity contribution in [3.05, 3.63) is 0 Å². The number of carboxylic acids is 1. The summed E-state index contributed by atoms with van der Waals surface area (Å²) in [6, 6.07) is 0. The quantitative estimate of drug-likeness (QED) is 0.710. The van der Waals surface area contributed by atoms with E-state index in [1.165, 1.54) is 0 Å². The Balaban J connectivity index is 2.50. The smallest absolute Gasteiger partial charge is 0.305 e. The van der Waals surface area contributed by atoms with Crippen molar-refractivity contribution in [3.63, 3.8) is 0 Å². The average Bonchev–Trinajstić information content (AvgIpc) is 2.62. The zero-order chi connectivity index (χ0) is 12.0. The number of carboxylic acid groups (broad SMARTS) is 1. The van der Waals surface area contributed by atoms with Crippen molar-refractivity contribution in [2.75, 3.05) is 13.2 Å². The van der Waals surface area contributed by atoms with E-state index in [1.54, 1.807) is 0 Å². The van der Waals surface area contributed by atoms with Crippen LogP contribution < -0.4 is 5.32 Å². The minimum atomic E-state index is -0.902. The summed E-state index contributed by atoms with van der Waals surface area (Å²) in [6.45, 7) is 2.83. The first kappa shape index (κ1) is 13.0. The van der Waals surface area contributed by atoms with Gasteiger partial charge in [-0.1, -0.05) is 13.3 Å². The molecule has 0 bridgehead atoms. The maximum Gasteiger partial charge on any atom is 0.305 e. The number of hydrogen-bond donors (Lipinski definition) is 2. The van der Waals surface area contributed by atoms with Gasteiger partial charge in [-0.3, -0.25) is 9.59 Å². The van der Waals surface area contributed by atoms with Gasteiger partial charge in [-0.05, 0) is 12.8 Å². The number of nitrogens with one attached hydrogen (secondary N) is 1. The molecule has 5 nitrogen and oxygen atoms in total. The standard InChI is InChI=1S/C11H19NO4/c1-2-3-4-9(13)12-11(7-10(14)15)5-6-16-8-11/h2-8H2,1H3,(H,12,13)(H,14,15). The lowest BCUT2D eigenvalue weighted by Crippen LogP contribution is -2.50. The van der Waals surface area contributed by atoms with Crippen LogP contribution in [0.3, 0.4) is 0 Å². The molecule has 1 aliphatic rings. The second kappa shape index (κ2) is 5.84. The van der Waals surface area contributed by atoms with Crippen LogP contribution in [0.2, 0.25) is 0 Å². The van der Waals surface area contributed by atoms with Crippen molar-refractivity contribution >= 4 is 11.9 Å². The number of amides is 1. The molecule has 1 amide bonds. The highest BCUT2D eigenvalue weighted by atomic mass is 16.5. The molecule has 1 atom stereocenters. The number of unbranched alkanes of at least 4 members (excludes halogenated alkanes) is 1. The van der Waals surface area contributed by atoms with E-state index >= 15 is 0 Å². The maximum atomic E-state index is 11.6. The van der Waals surface area contributed by atoms with Crippen LogP contribution in [0.15, 0.2) is 0 Å². The first-order chi connectivity index (χ1) is 7.58. The van der Waals surface area contributed by atoms with E-state index in [-0.39, 0.29) is 12.3 Å². The molecule has 1 fully saturated rings. The molecule has 16 heavy (non-hydrogen) atoms. The Morgan fingerprint density at radius 1 is 1.50 bits per heavy atom. The van der Waals surface area contributed by atoms with Gasteiger partial charge in [-0.15, -0.1) is 0 Å². The van der Waals surface area contributed by atoms with E-state index in [0.717, 1.165) is 12.8 Å². The zero-order valence-electron chi connectivity index (χ0n) is 9.62. The molecule has 1 saturated heterocycles. The number of ether oxygens (including phenoxy) is 1. The van der Waals surface area contributed by atoms with Gasteiger partial charge in [0.05, 0.1) is 18.6 Å². The normalized spacial score (nSPS) is 24.3. The molecule has 0 radical (unpaired) electrons. The second-order valence-electron chi connectivity index (χ2n) is 4.31. The first-order valence-corrected chi connectivity index (χ1v) is 5.68. The van der Waals surface area contributed by atoms with Crippen molar-refractivity contribution in [1.82, 2.24) is 5.32 Å². The van der Waals surface area contributed by atoms with Gasteiger partial charge in [0.1, 0.15) is 0 Å². The number of carbonyl (C=O) groups is 2. The Labute approximate surface area is 95.2 Å². The maximum absolute atomic E-state index is 11.6. The molecule has 1 unspecified atom stereocenters. The SMILES string of the molecule is CCCCC(=O)NC1(CC(=O)O)CCOC1. The molecule has 0 saturated carbocycles. The van der Waals surface area contributed by atoms with Crippen LogP contribution in [0, 0.1) is 0 Å². The van der Waals surface area contributed by atoms with Crippen LogP contribution in [0.25, 0.3) is 0 Å². The summed E-state index contributed by atoms with van der Waals surface area (Å²) in [4.78, 5) is 22.3. The van der Waals surface area contributed by atoms with E-state index in [2.05, 4.69) is 5.32 Å².